The van der Waals surface area contributed by atoms with E-state index in [9.17, 15) is 14.4 Å². The maximum atomic E-state index is 13.7. The molecule has 35 heavy (non-hydrogen) atoms. The lowest BCUT2D eigenvalue weighted by Gasteiger charge is -2.27. The van der Waals surface area contributed by atoms with E-state index in [0.717, 1.165) is 17.4 Å². The average molecular weight is 477 g/mol. The van der Waals surface area contributed by atoms with Gasteiger partial charge in [-0.05, 0) is 36.1 Å². The van der Waals surface area contributed by atoms with Crippen LogP contribution in [0.3, 0.4) is 0 Å². The van der Waals surface area contributed by atoms with Gasteiger partial charge < -0.3 is 33.8 Å². The van der Waals surface area contributed by atoms with Crippen molar-refractivity contribution in [1.29, 1.82) is 0 Å². The molecule has 1 aromatic carbocycles. The van der Waals surface area contributed by atoms with Gasteiger partial charge in [0, 0.05) is 29.1 Å². The van der Waals surface area contributed by atoms with Crippen LogP contribution in [0.2, 0.25) is 0 Å². The molecule has 0 bridgehead atoms. The van der Waals surface area contributed by atoms with Gasteiger partial charge in [0.05, 0.1) is 38.2 Å². The number of methoxy groups -OCH3 is 3. The molecule has 10 nitrogen and oxygen atoms in total. The SMILES string of the molecule is COc1cc2cc(C(=O)N3C[C@H]4CC45C3=CC(=O)c3[nH]c(COC=O)cc35)[nH]c2c(OC)c1OC. The Balaban J connectivity index is 1.37. The highest BCUT2D eigenvalue weighted by molar-refractivity contribution is 6.09. The summed E-state index contributed by atoms with van der Waals surface area (Å²) in [7, 11) is 4.59. The van der Waals surface area contributed by atoms with Crippen molar-refractivity contribution in [1.82, 2.24) is 14.9 Å². The zero-order chi connectivity index (χ0) is 24.5. The van der Waals surface area contributed by atoms with E-state index in [2.05, 4.69) is 9.97 Å². The van der Waals surface area contributed by atoms with Crippen molar-refractivity contribution < 1.29 is 33.3 Å². The lowest BCUT2D eigenvalue weighted by Crippen LogP contribution is -2.33. The average Bonchev–Trinajstić information content (AvgIpc) is 3.19. The summed E-state index contributed by atoms with van der Waals surface area (Å²) in [6, 6.07) is 5.41. The van der Waals surface area contributed by atoms with E-state index in [1.54, 1.807) is 23.1 Å². The lowest BCUT2D eigenvalue weighted by molar-refractivity contribution is -0.129. The molecule has 1 spiro atoms. The second kappa shape index (κ2) is 7.39. The fraction of sp³-hybridized carbons (Fsp3) is 0.320. The number of aromatic nitrogens is 2. The highest BCUT2D eigenvalue weighted by Crippen LogP contribution is 2.66. The van der Waals surface area contributed by atoms with E-state index < -0.39 is 0 Å². The van der Waals surface area contributed by atoms with Crippen LogP contribution in [0.4, 0.5) is 0 Å². The number of allylic oxidation sites excluding steroid dienone is 2. The Morgan fingerprint density at radius 2 is 1.94 bits per heavy atom. The van der Waals surface area contributed by atoms with Crippen LogP contribution in [0.25, 0.3) is 10.9 Å². The molecular weight excluding hydrogens is 454 g/mol. The molecule has 6 rings (SSSR count). The Labute approximate surface area is 199 Å². The third-order valence-electron chi connectivity index (χ3n) is 7.33. The van der Waals surface area contributed by atoms with Crippen molar-refractivity contribution in [3.05, 3.63) is 52.6 Å². The summed E-state index contributed by atoms with van der Waals surface area (Å²) < 4.78 is 21.3. The zero-order valence-electron chi connectivity index (χ0n) is 19.4. The van der Waals surface area contributed by atoms with Gasteiger partial charge in [-0.3, -0.25) is 14.4 Å². The van der Waals surface area contributed by atoms with E-state index in [4.69, 9.17) is 18.9 Å². The van der Waals surface area contributed by atoms with Crippen molar-refractivity contribution >= 4 is 29.1 Å². The number of carbonyl (C=O) groups excluding carboxylic acids is 3. The molecule has 1 aliphatic heterocycles. The lowest BCUT2D eigenvalue weighted by atomic mass is 9.85. The van der Waals surface area contributed by atoms with Crippen LogP contribution in [0.1, 0.15) is 38.7 Å². The monoisotopic (exact) mass is 477 g/mol. The quantitative estimate of drug-likeness (QED) is 0.502. The van der Waals surface area contributed by atoms with Crippen LogP contribution < -0.4 is 14.2 Å². The number of piperidine rings is 1. The van der Waals surface area contributed by atoms with Gasteiger partial charge in [0.2, 0.25) is 11.5 Å². The van der Waals surface area contributed by atoms with Crippen molar-refractivity contribution in [3.63, 3.8) is 0 Å². The summed E-state index contributed by atoms with van der Waals surface area (Å²) in [6.45, 7) is 0.953. The van der Waals surface area contributed by atoms with Gasteiger partial charge in [-0.1, -0.05) is 0 Å². The highest BCUT2D eigenvalue weighted by atomic mass is 16.5. The van der Waals surface area contributed by atoms with Crippen molar-refractivity contribution in [3.8, 4) is 17.2 Å². The highest BCUT2D eigenvalue weighted by Gasteiger charge is 2.67. The van der Waals surface area contributed by atoms with Gasteiger partial charge >= 0.3 is 0 Å². The Hall–Kier alpha value is -4.21. The van der Waals surface area contributed by atoms with Gasteiger partial charge in [0.25, 0.3) is 12.4 Å². The number of hydrogen-bond donors (Lipinski definition) is 2. The molecule has 1 unspecified atom stereocenters. The molecule has 3 heterocycles. The Kier molecular flexibility index (Phi) is 4.51. The molecule has 1 saturated carbocycles. The molecule has 0 radical (unpaired) electrons. The third kappa shape index (κ3) is 2.79. The third-order valence-corrected chi connectivity index (χ3v) is 7.33. The number of ether oxygens (including phenoxy) is 4. The number of nitrogens with zero attached hydrogens (tertiary/aromatic N) is 1. The van der Waals surface area contributed by atoms with E-state index >= 15 is 0 Å². The molecule has 2 aliphatic carbocycles. The number of carbonyl (C=O) groups is 3. The van der Waals surface area contributed by atoms with Crippen molar-refractivity contribution in [2.24, 2.45) is 5.92 Å². The number of ketones is 1. The predicted octanol–water partition coefficient (Wildman–Crippen LogP) is 2.69. The molecule has 2 aromatic heterocycles. The number of likely N-dealkylation sites (tertiary alicyclic amines) is 1. The van der Waals surface area contributed by atoms with E-state index in [1.165, 1.54) is 21.3 Å². The molecular formula is C25H23N3O7. The summed E-state index contributed by atoms with van der Waals surface area (Å²) in [5.74, 6) is 1.16. The molecule has 2 N–H and O–H groups in total. The minimum absolute atomic E-state index is 0.0618. The Morgan fingerprint density at radius 3 is 2.66 bits per heavy atom. The first-order valence-corrected chi connectivity index (χ1v) is 11.1. The number of hydrogen-bond acceptors (Lipinski definition) is 7. The number of aromatic amines is 2. The summed E-state index contributed by atoms with van der Waals surface area (Å²) in [5.41, 5.74) is 3.37. The first-order chi connectivity index (χ1) is 17.0. The number of amides is 1. The zero-order valence-corrected chi connectivity index (χ0v) is 19.4. The minimum Gasteiger partial charge on any atom is -0.493 e. The summed E-state index contributed by atoms with van der Waals surface area (Å²) in [5, 5.41) is 0.739. The predicted molar refractivity (Wildman–Crippen MR) is 123 cm³/mol. The van der Waals surface area contributed by atoms with Crippen LogP contribution in [-0.4, -0.2) is 60.9 Å². The van der Waals surface area contributed by atoms with Crippen LogP contribution in [-0.2, 0) is 21.6 Å². The molecule has 1 amide bonds. The van der Waals surface area contributed by atoms with E-state index in [-0.39, 0.29) is 29.6 Å². The van der Waals surface area contributed by atoms with Crippen LogP contribution >= 0.6 is 0 Å². The van der Waals surface area contributed by atoms with Gasteiger partial charge in [-0.25, -0.2) is 0 Å². The van der Waals surface area contributed by atoms with Crippen LogP contribution in [0.5, 0.6) is 17.2 Å². The minimum atomic E-state index is -0.370. The molecule has 2 atom stereocenters. The number of H-pyrrole nitrogens is 2. The molecule has 3 aromatic rings. The first kappa shape index (κ1) is 21.3. The smallest absolute Gasteiger partial charge is 0.293 e. The Morgan fingerprint density at radius 1 is 1.14 bits per heavy atom. The summed E-state index contributed by atoms with van der Waals surface area (Å²) in [6.07, 6.45) is 2.42. The maximum Gasteiger partial charge on any atom is 0.293 e. The number of nitrogens with one attached hydrogen (secondary N) is 2. The van der Waals surface area contributed by atoms with E-state index in [1.807, 2.05) is 6.07 Å². The molecule has 180 valence electrons. The fourth-order valence-corrected chi connectivity index (χ4v) is 5.75. The summed E-state index contributed by atoms with van der Waals surface area (Å²) >= 11 is 0. The number of fused-ring (bicyclic) bond motifs is 2. The number of benzene rings is 1. The molecule has 1 saturated heterocycles. The van der Waals surface area contributed by atoms with Crippen LogP contribution in [0, 0.1) is 5.92 Å². The molecule has 2 fully saturated rings. The normalized spacial score (nSPS) is 21.7. The van der Waals surface area contributed by atoms with Gasteiger partial charge in [-0.2, -0.15) is 0 Å². The van der Waals surface area contributed by atoms with Crippen molar-refractivity contribution in [2.75, 3.05) is 27.9 Å². The largest absolute Gasteiger partial charge is 0.493 e. The first-order valence-electron chi connectivity index (χ1n) is 11.1. The second-order valence-corrected chi connectivity index (χ2v) is 8.97. The standard InChI is InChI=1S/C25H23N3O7/c1-32-18-5-12-4-16(27-20(12)23(34-3)22(18)33-2)24(31)28-9-13-8-25(13)15-6-14(10-35-11-29)26-21(15)17(30)7-19(25)28/h4-7,11,13,26-27H,8-10H2,1-3H3/t13-,25?/m1/s1. The van der Waals surface area contributed by atoms with Gasteiger partial charge in [0.15, 0.2) is 11.5 Å². The van der Waals surface area contributed by atoms with E-state index in [0.29, 0.717) is 58.6 Å². The van der Waals surface area contributed by atoms with Gasteiger partial charge in [-0.15, -0.1) is 0 Å². The topological polar surface area (TPSA) is 123 Å². The molecule has 3 aliphatic rings. The van der Waals surface area contributed by atoms with Crippen LogP contribution in [0.15, 0.2) is 30.0 Å². The maximum absolute atomic E-state index is 13.7. The fourth-order valence-electron chi connectivity index (χ4n) is 5.75. The Bertz CT molecular complexity index is 1450. The number of rotatable bonds is 7. The second-order valence-electron chi connectivity index (χ2n) is 8.97. The molecule has 10 heteroatoms. The van der Waals surface area contributed by atoms with Gasteiger partial charge in [0.1, 0.15) is 12.3 Å². The van der Waals surface area contributed by atoms with Crippen molar-refractivity contribution in [2.45, 2.75) is 18.4 Å². The summed E-state index contributed by atoms with van der Waals surface area (Å²) in [4.78, 5) is 45.2.